The first-order chi connectivity index (χ1) is 7.06. The maximum Gasteiger partial charge on any atom is 0.236 e. The van der Waals surface area contributed by atoms with Crippen LogP contribution in [0.2, 0.25) is 5.02 Å². The van der Waals surface area contributed by atoms with Crippen molar-refractivity contribution in [2.45, 2.75) is 13.0 Å². The number of amides is 1. The Morgan fingerprint density at radius 1 is 1.44 bits per heavy atom. The van der Waals surface area contributed by atoms with Gasteiger partial charge in [0.2, 0.25) is 5.91 Å². The van der Waals surface area contributed by atoms with E-state index in [0.717, 1.165) is 5.56 Å². The van der Waals surface area contributed by atoms with Gasteiger partial charge in [-0.25, -0.2) is 0 Å². The van der Waals surface area contributed by atoms with Gasteiger partial charge in [-0.3, -0.25) is 4.79 Å². The molecule has 1 aromatic carbocycles. The van der Waals surface area contributed by atoms with Crippen molar-refractivity contribution in [2.24, 2.45) is 5.73 Å². The highest BCUT2D eigenvalue weighted by atomic mass is 35.5. The molecule has 0 radical (unpaired) electrons. The number of carbonyl (C=O) groups is 1. The van der Waals surface area contributed by atoms with Crippen LogP contribution in [0.3, 0.4) is 0 Å². The highest BCUT2D eigenvalue weighted by molar-refractivity contribution is 6.30. The van der Waals surface area contributed by atoms with Gasteiger partial charge in [-0.1, -0.05) is 23.7 Å². The Bertz CT molecular complexity index is 340. The fourth-order valence-electron chi connectivity index (χ4n) is 1.32. The Labute approximate surface area is 107 Å². The molecule has 0 bridgehead atoms. The summed E-state index contributed by atoms with van der Waals surface area (Å²) >= 11 is 5.79. The molecule has 0 aliphatic heterocycles. The number of likely N-dealkylation sites (N-methyl/N-ethyl adjacent to an activating group) is 1. The number of rotatable bonds is 3. The molecule has 1 amide bonds. The number of nitrogens with two attached hydrogens (primary N) is 1. The van der Waals surface area contributed by atoms with Gasteiger partial charge < -0.3 is 10.6 Å². The summed E-state index contributed by atoms with van der Waals surface area (Å²) in [4.78, 5) is 13.0. The van der Waals surface area contributed by atoms with E-state index in [0.29, 0.717) is 5.02 Å². The Hall–Kier alpha value is -0.770. The molecule has 0 fully saturated rings. The molecular formula is C11H16Cl2N2O. The van der Waals surface area contributed by atoms with Gasteiger partial charge in [0, 0.05) is 12.1 Å². The van der Waals surface area contributed by atoms with E-state index in [1.54, 1.807) is 11.9 Å². The Morgan fingerprint density at radius 2 is 1.94 bits per heavy atom. The highest BCUT2D eigenvalue weighted by Gasteiger charge is 2.15. The first kappa shape index (κ1) is 15.2. The van der Waals surface area contributed by atoms with Gasteiger partial charge in [0.25, 0.3) is 0 Å². The Kier molecular flexibility index (Phi) is 6.41. The first-order valence-corrected chi connectivity index (χ1v) is 5.15. The lowest BCUT2D eigenvalue weighted by Gasteiger charge is -2.24. The van der Waals surface area contributed by atoms with Crippen LogP contribution >= 0.6 is 24.0 Å². The molecule has 1 rings (SSSR count). The molecule has 0 spiro atoms. The molecular weight excluding hydrogens is 247 g/mol. The summed E-state index contributed by atoms with van der Waals surface area (Å²) in [6.07, 6.45) is 0. The lowest BCUT2D eigenvalue weighted by molar-refractivity contribution is -0.130. The number of nitrogens with zero attached hydrogens (tertiary/aromatic N) is 1. The SMILES string of the molecule is CC(c1ccc(Cl)cc1)N(C)C(=O)CN.Cl. The maximum absolute atomic E-state index is 11.4. The minimum atomic E-state index is -0.0718. The quantitative estimate of drug-likeness (QED) is 0.909. The van der Waals surface area contributed by atoms with Crippen LogP contribution in [0.5, 0.6) is 0 Å². The smallest absolute Gasteiger partial charge is 0.236 e. The number of hydrogen-bond acceptors (Lipinski definition) is 2. The average molecular weight is 263 g/mol. The zero-order chi connectivity index (χ0) is 11.4. The van der Waals surface area contributed by atoms with E-state index >= 15 is 0 Å². The highest BCUT2D eigenvalue weighted by Crippen LogP contribution is 2.20. The molecule has 1 unspecified atom stereocenters. The van der Waals surface area contributed by atoms with Crippen molar-refractivity contribution in [2.75, 3.05) is 13.6 Å². The van der Waals surface area contributed by atoms with E-state index in [9.17, 15) is 4.79 Å². The van der Waals surface area contributed by atoms with E-state index in [4.69, 9.17) is 17.3 Å². The molecule has 0 saturated carbocycles. The van der Waals surface area contributed by atoms with Crippen molar-refractivity contribution in [3.8, 4) is 0 Å². The fourth-order valence-corrected chi connectivity index (χ4v) is 1.45. The van der Waals surface area contributed by atoms with Gasteiger partial charge in [0.1, 0.15) is 0 Å². The monoisotopic (exact) mass is 262 g/mol. The fraction of sp³-hybridized carbons (Fsp3) is 0.364. The van der Waals surface area contributed by atoms with E-state index < -0.39 is 0 Å². The van der Waals surface area contributed by atoms with Gasteiger partial charge >= 0.3 is 0 Å². The van der Waals surface area contributed by atoms with Crippen molar-refractivity contribution in [1.82, 2.24) is 4.90 Å². The van der Waals surface area contributed by atoms with Gasteiger partial charge in [-0.2, -0.15) is 0 Å². The maximum atomic E-state index is 11.4. The molecule has 0 heterocycles. The number of hydrogen-bond donors (Lipinski definition) is 1. The lowest BCUT2D eigenvalue weighted by atomic mass is 10.1. The van der Waals surface area contributed by atoms with E-state index in [-0.39, 0.29) is 30.9 Å². The van der Waals surface area contributed by atoms with Crippen LogP contribution in [-0.2, 0) is 4.79 Å². The molecule has 1 atom stereocenters. The molecule has 1 aromatic rings. The first-order valence-electron chi connectivity index (χ1n) is 4.77. The van der Waals surface area contributed by atoms with E-state index in [1.807, 2.05) is 31.2 Å². The predicted octanol–water partition coefficient (Wildman–Crippen LogP) is 2.24. The lowest BCUT2D eigenvalue weighted by Crippen LogP contribution is -2.34. The third-order valence-corrected chi connectivity index (χ3v) is 2.75. The summed E-state index contributed by atoms with van der Waals surface area (Å²) < 4.78 is 0. The minimum Gasteiger partial charge on any atom is -0.338 e. The summed E-state index contributed by atoms with van der Waals surface area (Å²) in [6, 6.07) is 7.46. The summed E-state index contributed by atoms with van der Waals surface area (Å²) in [5.74, 6) is -0.0718. The molecule has 0 aliphatic rings. The summed E-state index contributed by atoms with van der Waals surface area (Å²) in [7, 11) is 1.74. The Morgan fingerprint density at radius 3 is 2.38 bits per heavy atom. The van der Waals surface area contributed by atoms with Crippen LogP contribution in [0.25, 0.3) is 0 Å². The normalized spacial score (nSPS) is 11.5. The largest absolute Gasteiger partial charge is 0.338 e. The third-order valence-electron chi connectivity index (χ3n) is 2.50. The minimum absolute atomic E-state index is 0. The second kappa shape index (κ2) is 6.74. The zero-order valence-electron chi connectivity index (χ0n) is 9.31. The molecule has 16 heavy (non-hydrogen) atoms. The Balaban J connectivity index is 0.00000225. The van der Waals surface area contributed by atoms with E-state index in [1.165, 1.54) is 0 Å². The van der Waals surface area contributed by atoms with Crippen LogP contribution in [0.15, 0.2) is 24.3 Å². The molecule has 2 N–H and O–H groups in total. The molecule has 0 saturated heterocycles. The molecule has 90 valence electrons. The number of carbonyl (C=O) groups excluding carboxylic acids is 1. The van der Waals surface area contributed by atoms with E-state index in [2.05, 4.69) is 0 Å². The van der Waals surface area contributed by atoms with Crippen LogP contribution in [-0.4, -0.2) is 24.4 Å². The average Bonchev–Trinajstić information content (AvgIpc) is 2.27. The molecule has 5 heteroatoms. The zero-order valence-corrected chi connectivity index (χ0v) is 10.9. The standard InChI is InChI=1S/C11H15ClN2O.ClH/c1-8(14(2)11(15)7-13)9-3-5-10(12)6-4-9;/h3-6,8H,7,13H2,1-2H3;1H. The number of benzene rings is 1. The van der Waals surface area contributed by atoms with Gasteiger partial charge in [-0.15, -0.1) is 12.4 Å². The summed E-state index contributed by atoms with van der Waals surface area (Å²) in [5, 5.41) is 0.693. The molecule has 0 aromatic heterocycles. The second-order valence-electron chi connectivity index (χ2n) is 3.44. The van der Waals surface area contributed by atoms with Crippen molar-refractivity contribution >= 4 is 29.9 Å². The van der Waals surface area contributed by atoms with Crippen molar-refractivity contribution < 1.29 is 4.79 Å². The third kappa shape index (κ3) is 3.67. The predicted molar refractivity (Wildman–Crippen MR) is 68.9 cm³/mol. The summed E-state index contributed by atoms with van der Waals surface area (Å²) in [5.41, 5.74) is 6.35. The van der Waals surface area contributed by atoms with Crippen molar-refractivity contribution in [3.05, 3.63) is 34.9 Å². The topological polar surface area (TPSA) is 46.3 Å². The second-order valence-corrected chi connectivity index (χ2v) is 3.87. The van der Waals surface area contributed by atoms with Crippen molar-refractivity contribution in [1.29, 1.82) is 0 Å². The van der Waals surface area contributed by atoms with Crippen molar-refractivity contribution in [3.63, 3.8) is 0 Å². The van der Waals surface area contributed by atoms with Crippen LogP contribution in [0.4, 0.5) is 0 Å². The summed E-state index contributed by atoms with van der Waals surface area (Å²) in [6.45, 7) is 1.99. The number of halogens is 2. The van der Waals surface area contributed by atoms with Gasteiger partial charge in [0.15, 0.2) is 0 Å². The van der Waals surface area contributed by atoms with Crippen LogP contribution in [0, 0.1) is 0 Å². The van der Waals surface area contributed by atoms with Gasteiger partial charge in [-0.05, 0) is 24.6 Å². The van der Waals surface area contributed by atoms with Crippen LogP contribution < -0.4 is 5.73 Å². The molecule has 0 aliphatic carbocycles. The van der Waals surface area contributed by atoms with Gasteiger partial charge in [0.05, 0.1) is 12.6 Å². The molecule has 3 nitrogen and oxygen atoms in total. The van der Waals surface area contributed by atoms with Crippen LogP contribution in [0.1, 0.15) is 18.5 Å².